The maximum atomic E-state index is 11.0. The summed E-state index contributed by atoms with van der Waals surface area (Å²) in [5.74, 6) is 0. The first kappa shape index (κ1) is 9.52. The van der Waals surface area contributed by atoms with Crippen LogP contribution in [0.3, 0.4) is 0 Å². The molecule has 0 spiro atoms. The van der Waals surface area contributed by atoms with Gasteiger partial charge in [0.15, 0.2) is 0 Å². The third kappa shape index (κ3) is 1.91. The number of anilines is 1. The van der Waals surface area contributed by atoms with E-state index in [1.165, 1.54) is 0 Å². The average molecular weight is 200 g/mol. The summed E-state index contributed by atoms with van der Waals surface area (Å²) in [6, 6.07) is 13.5. The summed E-state index contributed by atoms with van der Waals surface area (Å²) in [5.41, 5.74) is 0.724. The molecule has 0 saturated heterocycles. The zero-order chi connectivity index (χ0) is 10.7. The number of benzene rings is 2. The number of hydrogen-bond donors (Lipinski definition) is 1. The van der Waals surface area contributed by atoms with E-state index in [1.807, 2.05) is 42.5 Å². The highest BCUT2D eigenvalue weighted by atomic mass is 16.5. The largest absolute Gasteiger partial charge is 0.446 e. The van der Waals surface area contributed by atoms with Crippen molar-refractivity contribution in [3.05, 3.63) is 49.6 Å². The summed E-state index contributed by atoms with van der Waals surface area (Å²) in [5, 5.41) is 4.66. The van der Waals surface area contributed by atoms with Crippen LogP contribution in [0, 0.1) is 7.11 Å². The lowest BCUT2D eigenvalue weighted by Gasteiger charge is -2.06. The van der Waals surface area contributed by atoms with E-state index in [-0.39, 0.29) is 0 Å². The Hall–Kier alpha value is -2.03. The van der Waals surface area contributed by atoms with Gasteiger partial charge in [-0.1, -0.05) is 36.4 Å². The highest BCUT2D eigenvalue weighted by Crippen LogP contribution is 2.22. The zero-order valence-electron chi connectivity index (χ0n) is 8.07. The summed E-state index contributed by atoms with van der Waals surface area (Å²) in [7, 11) is 3.05. The smallest absolute Gasteiger partial charge is 0.411 e. The second-order valence-corrected chi connectivity index (χ2v) is 3.08. The summed E-state index contributed by atoms with van der Waals surface area (Å²) in [6.07, 6.45) is -0.564. The SMILES string of the molecule is [CH2]OC(=O)Nc1cccc2ccccc12. The molecule has 0 unspecified atom stereocenters. The number of carbonyl (C=O) groups excluding carboxylic acids is 1. The molecule has 1 amide bonds. The van der Waals surface area contributed by atoms with Crippen LogP contribution < -0.4 is 5.32 Å². The predicted octanol–water partition coefficient (Wildman–Crippen LogP) is 3.18. The topological polar surface area (TPSA) is 38.3 Å². The Balaban J connectivity index is 2.46. The molecule has 0 aliphatic carbocycles. The lowest BCUT2D eigenvalue weighted by Crippen LogP contribution is -2.10. The molecule has 0 aromatic heterocycles. The summed E-state index contributed by atoms with van der Waals surface area (Å²) < 4.78 is 4.30. The van der Waals surface area contributed by atoms with Crippen molar-refractivity contribution in [1.29, 1.82) is 0 Å². The van der Waals surface area contributed by atoms with E-state index in [0.717, 1.165) is 16.5 Å². The van der Waals surface area contributed by atoms with Crippen LogP contribution in [0.15, 0.2) is 42.5 Å². The molecular formula is C12H10NO2. The van der Waals surface area contributed by atoms with Crippen LogP contribution in [0.4, 0.5) is 10.5 Å². The Kier molecular flexibility index (Phi) is 2.54. The van der Waals surface area contributed by atoms with Crippen molar-refractivity contribution in [2.24, 2.45) is 0 Å². The lowest BCUT2D eigenvalue weighted by molar-refractivity contribution is 0.199. The molecule has 1 N–H and O–H groups in total. The monoisotopic (exact) mass is 200 g/mol. The number of amides is 1. The second kappa shape index (κ2) is 4.00. The van der Waals surface area contributed by atoms with Gasteiger partial charge in [-0.25, -0.2) is 4.79 Å². The molecule has 2 rings (SSSR count). The van der Waals surface area contributed by atoms with E-state index < -0.39 is 6.09 Å². The number of nitrogens with one attached hydrogen (secondary N) is 1. The van der Waals surface area contributed by atoms with Gasteiger partial charge >= 0.3 is 6.09 Å². The fourth-order valence-corrected chi connectivity index (χ4v) is 1.48. The number of carbonyl (C=O) groups is 1. The normalized spacial score (nSPS) is 9.93. The van der Waals surface area contributed by atoms with E-state index in [1.54, 1.807) is 0 Å². The van der Waals surface area contributed by atoms with Gasteiger partial charge in [-0.15, -0.1) is 0 Å². The predicted molar refractivity (Wildman–Crippen MR) is 59.4 cm³/mol. The molecule has 0 fully saturated rings. The summed E-state index contributed by atoms with van der Waals surface area (Å²) in [4.78, 5) is 11.0. The lowest BCUT2D eigenvalue weighted by atomic mass is 10.1. The number of rotatable bonds is 1. The van der Waals surface area contributed by atoms with Crippen LogP contribution in [-0.2, 0) is 4.74 Å². The standard InChI is InChI=1S/C12H10NO2/c1-15-12(14)13-11-8-4-6-9-5-2-3-7-10(9)11/h2-8H,1H2,(H,13,14). The molecule has 1 radical (unpaired) electrons. The Morgan fingerprint density at radius 2 is 1.87 bits per heavy atom. The molecule has 2 aromatic carbocycles. The highest BCUT2D eigenvalue weighted by Gasteiger charge is 2.03. The van der Waals surface area contributed by atoms with E-state index in [9.17, 15) is 4.79 Å². The minimum atomic E-state index is -0.564. The number of fused-ring (bicyclic) bond motifs is 1. The molecule has 15 heavy (non-hydrogen) atoms. The minimum Gasteiger partial charge on any atom is -0.446 e. The van der Waals surface area contributed by atoms with Gasteiger partial charge < -0.3 is 4.74 Å². The molecule has 0 saturated carbocycles. The number of hydrogen-bond acceptors (Lipinski definition) is 2. The maximum Gasteiger partial charge on any atom is 0.411 e. The van der Waals surface area contributed by atoms with Gasteiger partial charge in [0.2, 0.25) is 0 Å². The highest BCUT2D eigenvalue weighted by molar-refractivity contribution is 6.00. The van der Waals surface area contributed by atoms with Crippen LogP contribution in [-0.4, -0.2) is 6.09 Å². The van der Waals surface area contributed by atoms with E-state index in [0.29, 0.717) is 0 Å². The van der Waals surface area contributed by atoms with Crippen LogP contribution in [0.2, 0.25) is 0 Å². The molecule has 3 heteroatoms. The van der Waals surface area contributed by atoms with Crippen LogP contribution in [0.5, 0.6) is 0 Å². The molecule has 0 aliphatic heterocycles. The van der Waals surface area contributed by atoms with Gasteiger partial charge in [0, 0.05) is 5.39 Å². The van der Waals surface area contributed by atoms with Crippen molar-refractivity contribution in [2.45, 2.75) is 0 Å². The fraction of sp³-hybridized carbons (Fsp3) is 0. The first-order chi connectivity index (χ1) is 7.31. The Morgan fingerprint density at radius 3 is 2.67 bits per heavy atom. The van der Waals surface area contributed by atoms with Crippen molar-refractivity contribution in [3.63, 3.8) is 0 Å². The number of ether oxygens (including phenoxy) is 1. The maximum absolute atomic E-state index is 11.0. The third-order valence-corrected chi connectivity index (χ3v) is 2.16. The average Bonchev–Trinajstić information content (AvgIpc) is 2.29. The zero-order valence-corrected chi connectivity index (χ0v) is 8.07. The van der Waals surface area contributed by atoms with Gasteiger partial charge in [-0.05, 0) is 11.5 Å². The molecule has 0 atom stereocenters. The van der Waals surface area contributed by atoms with Gasteiger partial charge in [-0.3, -0.25) is 5.32 Å². The summed E-state index contributed by atoms with van der Waals surface area (Å²) >= 11 is 0. The van der Waals surface area contributed by atoms with Crippen LogP contribution >= 0.6 is 0 Å². The van der Waals surface area contributed by atoms with Gasteiger partial charge in [0.1, 0.15) is 7.11 Å². The fourth-order valence-electron chi connectivity index (χ4n) is 1.48. The van der Waals surface area contributed by atoms with Gasteiger partial charge in [0.05, 0.1) is 5.69 Å². The van der Waals surface area contributed by atoms with E-state index >= 15 is 0 Å². The molecule has 0 bridgehead atoms. The van der Waals surface area contributed by atoms with Crippen LogP contribution in [0.1, 0.15) is 0 Å². The van der Waals surface area contributed by atoms with Crippen LogP contribution in [0.25, 0.3) is 10.8 Å². The molecule has 0 heterocycles. The third-order valence-electron chi connectivity index (χ3n) is 2.16. The van der Waals surface area contributed by atoms with Crippen molar-refractivity contribution in [3.8, 4) is 0 Å². The van der Waals surface area contributed by atoms with Crippen molar-refractivity contribution in [2.75, 3.05) is 5.32 Å². The Bertz CT molecular complexity index is 488. The molecule has 2 aromatic rings. The molecular weight excluding hydrogens is 190 g/mol. The van der Waals surface area contributed by atoms with Gasteiger partial charge in [-0.2, -0.15) is 0 Å². The quantitative estimate of drug-likeness (QED) is 0.767. The Labute approximate surface area is 87.7 Å². The van der Waals surface area contributed by atoms with E-state index in [2.05, 4.69) is 17.2 Å². The minimum absolute atomic E-state index is 0.564. The first-order valence-electron chi connectivity index (χ1n) is 4.52. The Morgan fingerprint density at radius 1 is 1.13 bits per heavy atom. The van der Waals surface area contributed by atoms with Crippen molar-refractivity contribution >= 4 is 22.6 Å². The molecule has 3 nitrogen and oxygen atoms in total. The molecule has 75 valence electrons. The van der Waals surface area contributed by atoms with E-state index in [4.69, 9.17) is 0 Å². The first-order valence-corrected chi connectivity index (χ1v) is 4.52. The van der Waals surface area contributed by atoms with Crippen molar-refractivity contribution in [1.82, 2.24) is 0 Å². The van der Waals surface area contributed by atoms with Gasteiger partial charge in [0.25, 0.3) is 0 Å². The van der Waals surface area contributed by atoms with Crippen molar-refractivity contribution < 1.29 is 9.53 Å². The summed E-state index contributed by atoms with van der Waals surface area (Å²) in [6.45, 7) is 0. The molecule has 0 aliphatic rings. The second-order valence-electron chi connectivity index (χ2n) is 3.08.